The Morgan fingerprint density at radius 3 is 2.45 bits per heavy atom. The van der Waals surface area contributed by atoms with Crippen LogP contribution in [0.25, 0.3) is 0 Å². The van der Waals surface area contributed by atoms with E-state index in [9.17, 15) is 13.6 Å². The van der Waals surface area contributed by atoms with E-state index in [0.717, 1.165) is 76.8 Å². The number of nitrogens with one attached hydrogen (secondary N) is 1. The Kier molecular flexibility index (Phi) is 6.40. The number of carbonyl (C=O) groups excluding carboxylic acids is 1. The normalized spacial score (nSPS) is 27.8. The molecule has 2 aromatic rings. The number of amides is 1. The Hall–Kier alpha value is -2.68. The molecule has 1 aromatic carbocycles. The highest BCUT2D eigenvalue weighted by Crippen LogP contribution is 2.63. The lowest BCUT2D eigenvalue weighted by atomic mass is 9.75. The molecule has 0 bridgehead atoms. The van der Waals surface area contributed by atoms with Gasteiger partial charge in [0.2, 0.25) is 0 Å². The molecule has 1 unspecified atom stereocenters. The molecular formula is C29H38F2N4O3. The maximum atomic E-state index is 14.9. The van der Waals surface area contributed by atoms with Crippen molar-refractivity contribution in [1.29, 1.82) is 0 Å². The van der Waals surface area contributed by atoms with Crippen LogP contribution in [0.1, 0.15) is 82.0 Å². The highest BCUT2D eigenvalue weighted by Gasteiger charge is 2.57. The second-order valence-electron chi connectivity index (χ2n) is 12.3. The lowest BCUT2D eigenvalue weighted by molar-refractivity contribution is 0.101. The largest absolute Gasteiger partial charge is 0.484 e. The number of oxazole rings is 1. The van der Waals surface area contributed by atoms with Crippen molar-refractivity contribution in [2.75, 3.05) is 36.4 Å². The summed E-state index contributed by atoms with van der Waals surface area (Å²) in [6.45, 7) is 10.6. The van der Waals surface area contributed by atoms with Gasteiger partial charge in [-0.3, -0.25) is 9.69 Å². The van der Waals surface area contributed by atoms with Crippen molar-refractivity contribution < 1.29 is 22.7 Å². The summed E-state index contributed by atoms with van der Waals surface area (Å²) in [6.07, 6.45) is 7.01. The van der Waals surface area contributed by atoms with Crippen LogP contribution in [0.5, 0.6) is 5.75 Å². The van der Waals surface area contributed by atoms with Crippen LogP contribution in [-0.4, -0.2) is 48.1 Å². The van der Waals surface area contributed by atoms with Gasteiger partial charge < -0.3 is 19.4 Å². The topological polar surface area (TPSA) is 70.8 Å². The molecule has 0 spiro atoms. The number of benzene rings is 1. The fourth-order valence-electron chi connectivity index (χ4n) is 6.73. The molecular weight excluding hydrogens is 490 g/mol. The number of nitrogens with zero attached hydrogens (tertiary/aromatic N) is 3. The number of hydrogen-bond donors (Lipinski definition) is 1. The van der Waals surface area contributed by atoms with Gasteiger partial charge in [-0.15, -0.1) is 0 Å². The SMILES string of the molecule is CCC1(CC)CN(c2nc(C(=O)Nc3cc(F)c(OC4C[C@@H]5C[C@@]5(C)C4)c(F)c3)c(CN3CCCC3)o2)C1. The van der Waals surface area contributed by atoms with E-state index in [1.807, 2.05) is 0 Å². The summed E-state index contributed by atoms with van der Waals surface area (Å²) in [6, 6.07) is 2.66. The summed E-state index contributed by atoms with van der Waals surface area (Å²) < 4.78 is 41.7. The third-order valence-electron chi connectivity index (χ3n) is 9.61. The van der Waals surface area contributed by atoms with Gasteiger partial charge in [-0.25, -0.2) is 8.78 Å². The Morgan fingerprint density at radius 1 is 1.16 bits per heavy atom. The number of carbonyl (C=O) groups is 1. The number of anilines is 2. The van der Waals surface area contributed by atoms with Gasteiger partial charge in [-0.1, -0.05) is 20.8 Å². The van der Waals surface area contributed by atoms with E-state index in [2.05, 4.69) is 40.9 Å². The molecule has 2 aliphatic heterocycles. The number of ether oxygens (including phenoxy) is 1. The molecule has 38 heavy (non-hydrogen) atoms. The quantitative estimate of drug-likeness (QED) is 0.431. The molecule has 3 atom stereocenters. The first-order chi connectivity index (χ1) is 18.2. The molecule has 0 radical (unpaired) electrons. The first kappa shape index (κ1) is 25.6. The standard InChI is InChI=1S/C29H38F2N4O3/c1-4-29(5-2)16-35(17-29)27-33-24(23(38-27)15-34-8-6-7-9-34)26(36)32-19-11-21(30)25(22(31)12-19)37-20-10-18-13-28(18,3)14-20/h11-12,18,20H,4-10,13-17H2,1-3H3,(H,32,36)/t18-,20?,28+/m1/s1. The van der Waals surface area contributed by atoms with E-state index >= 15 is 0 Å². The van der Waals surface area contributed by atoms with Crippen molar-refractivity contribution in [3.63, 3.8) is 0 Å². The van der Waals surface area contributed by atoms with Crippen molar-refractivity contribution in [3.8, 4) is 5.75 Å². The van der Waals surface area contributed by atoms with Gasteiger partial charge in [-0.2, -0.15) is 4.98 Å². The number of aromatic nitrogens is 1. The van der Waals surface area contributed by atoms with Gasteiger partial charge in [0.05, 0.1) is 12.6 Å². The Balaban J connectivity index is 1.18. The smallest absolute Gasteiger partial charge is 0.298 e. The van der Waals surface area contributed by atoms with Gasteiger partial charge in [0, 0.05) is 36.3 Å². The molecule has 1 N–H and O–H groups in total. The Labute approximate surface area is 222 Å². The van der Waals surface area contributed by atoms with Crippen molar-refractivity contribution in [1.82, 2.24) is 9.88 Å². The first-order valence-electron chi connectivity index (χ1n) is 14.1. The molecule has 4 aliphatic rings. The molecule has 2 saturated carbocycles. The zero-order valence-corrected chi connectivity index (χ0v) is 22.6. The van der Waals surface area contributed by atoms with Crippen LogP contribution in [0.15, 0.2) is 16.5 Å². The average Bonchev–Trinajstić information content (AvgIpc) is 3.29. The molecule has 206 valence electrons. The first-order valence-corrected chi connectivity index (χ1v) is 14.1. The minimum absolute atomic E-state index is 0.0233. The number of likely N-dealkylation sites (tertiary alicyclic amines) is 1. The zero-order valence-electron chi connectivity index (χ0n) is 22.6. The summed E-state index contributed by atoms with van der Waals surface area (Å²) in [5.41, 5.74) is 0.702. The van der Waals surface area contributed by atoms with Crippen LogP contribution in [-0.2, 0) is 6.54 Å². The van der Waals surface area contributed by atoms with E-state index in [0.29, 0.717) is 24.2 Å². The zero-order chi connectivity index (χ0) is 26.7. The summed E-state index contributed by atoms with van der Waals surface area (Å²) in [5, 5.41) is 2.64. The average molecular weight is 529 g/mol. The second-order valence-corrected chi connectivity index (χ2v) is 12.3. The van der Waals surface area contributed by atoms with E-state index in [4.69, 9.17) is 9.15 Å². The second kappa shape index (κ2) is 9.50. The van der Waals surface area contributed by atoms with Gasteiger partial charge >= 0.3 is 0 Å². The highest BCUT2D eigenvalue weighted by atomic mass is 19.1. The highest BCUT2D eigenvalue weighted by molar-refractivity contribution is 6.03. The summed E-state index contributed by atoms with van der Waals surface area (Å²) in [7, 11) is 0. The number of rotatable bonds is 9. The minimum atomic E-state index is -0.819. The number of halogens is 2. The number of hydrogen-bond acceptors (Lipinski definition) is 6. The summed E-state index contributed by atoms with van der Waals surface area (Å²) in [4.78, 5) is 22.2. The van der Waals surface area contributed by atoms with Gasteiger partial charge in [0.1, 0.15) is 0 Å². The maximum Gasteiger partial charge on any atom is 0.298 e. The molecule has 1 aromatic heterocycles. The molecule has 7 nitrogen and oxygen atoms in total. The maximum absolute atomic E-state index is 14.9. The summed E-state index contributed by atoms with van der Waals surface area (Å²) >= 11 is 0. The van der Waals surface area contributed by atoms with Crippen molar-refractivity contribution in [2.45, 2.75) is 78.4 Å². The minimum Gasteiger partial charge on any atom is -0.484 e. The van der Waals surface area contributed by atoms with Crippen LogP contribution < -0.4 is 15.0 Å². The van der Waals surface area contributed by atoms with E-state index < -0.39 is 17.5 Å². The number of fused-ring (bicyclic) bond motifs is 1. The van der Waals surface area contributed by atoms with Gasteiger partial charge in [-0.05, 0) is 69.4 Å². The molecule has 4 fully saturated rings. The van der Waals surface area contributed by atoms with Crippen LogP contribution in [0, 0.1) is 28.4 Å². The molecule has 2 aliphatic carbocycles. The van der Waals surface area contributed by atoms with E-state index in [1.165, 1.54) is 6.42 Å². The van der Waals surface area contributed by atoms with Crippen LogP contribution in [0.3, 0.4) is 0 Å². The van der Waals surface area contributed by atoms with Crippen LogP contribution in [0.4, 0.5) is 20.5 Å². The lowest BCUT2D eigenvalue weighted by Crippen LogP contribution is -2.56. The van der Waals surface area contributed by atoms with Gasteiger partial charge in [0.15, 0.2) is 28.8 Å². The van der Waals surface area contributed by atoms with Crippen LogP contribution >= 0.6 is 0 Å². The van der Waals surface area contributed by atoms with Crippen molar-refractivity contribution in [2.24, 2.45) is 16.7 Å². The lowest BCUT2D eigenvalue weighted by Gasteiger charge is -2.49. The molecule has 3 heterocycles. The van der Waals surface area contributed by atoms with E-state index in [1.54, 1.807) is 0 Å². The monoisotopic (exact) mass is 528 g/mol. The molecule has 1 amide bonds. The van der Waals surface area contributed by atoms with Crippen molar-refractivity contribution in [3.05, 3.63) is 35.2 Å². The van der Waals surface area contributed by atoms with Gasteiger partial charge in [0.25, 0.3) is 11.9 Å². The Morgan fingerprint density at radius 2 is 1.84 bits per heavy atom. The fourth-order valence-corrected chi connectivity index (χ4v) is 6.73. The summed E-state index contributed by atoms with van der Waals surface area (Å²) in [5.74, 6) is -1.47. The van der Waals surface area contributed by atoms with E-state index in [-0.39, 0.29) is 34.1 Å². The van der Waals surface area contributed by atoms with Crippen LogP contribution in [0.2, 0.25) is 0 Å². The molecule has 6 rings (SSSR count). The third-order valence-corrected chi connectivity index (χ3v) is 9.61. The Bertz CT molecular complexity index is 1190. The predicted octanol–water partition coefficient (Wildman–Crippen LogP) is 5.99. The molecule has 9 heteroatoms. The fraction of sp³-hybridized carbons (Fsp3) is 0.655. The third kappa shape index (κ3) is 4.67. The predicted molar refractivity (Wildman–Crippen MR) is 140 cm³/mol. The van der Waals surface area contributed by atoms with Crippen molar-refractivity contribution >= 4 is 17.6 Å². The molecule has 2 saturated heterocycles.